The van der Waals surface area contributed by atoms with Crippen LogP contribution < -0.4 is 0 Å². The zero-order valence-electron chi connectivity index (χ0n) is 12.4. The molecule has 0 aromatic carbocycles. The van der Waals surface area contributed by atoms with Crippen LogP contribution in [-0.2, 0) is 24.3 Å². The maximum absolute atomic E-state index is 10.7. The summed E-state index contributed by atoms with van der Waals surface area (Å²) in [4.78, 5) is 12.9. The van der Waals surface area contributed by atoms with Crippen LogP contribution in [0.15, 0.2) is 6.07 Å². The predicted octanol–water partition coefficient (Wildman–Crippen LogP) is 2.15. The van der Waals surface area contributed by atoms with E-state index in [-0.39, 0.29) is 6.42 Å². The number of hydrogen-bond acceptors (Lipinski definition) is 3. The molecule has 0 amide bonds. The van der Waals surface area contributed by atoms with Crippen LogP contribution in [0.1, 0.15) is 45.5 Å². The molecule has 0 saturated carbocycles. The number of rotatable bonds is 8. The Bertz CT molecular complexity index is 413. The van der Waals surface area contributed by atoms with Gasteiger partial charge in [-0.1, -0.05) is 6.92 Å². The van der Waals surface area contributed by atoms with Crippen molar-refractivity contribution >= 4 is 5.97 Å². The number of aromatic nitrogens is 2. The largest absolute Gasteiger partial charge is 0.481 e. The van der Waals surface area contributed by atoms with E-state index in [1.165, 1.54) is 5.69 Å². The normalized spacial score (nSPS) is 11.5. The van der Waals surface area contributed by atoms with Gasteiger partial charge in [-0.3, -0.25) is 14.4 Å². The molecular weight excluding hydrogens is 242 g/mol. The predicted molar refractivity (Wildman–Crippen MR) is 75.1 cm³/mol. The molecule has 108 valence electrons. The monoisotopic (exact) mass is 267 g/mol. The van der Waals surface area contributed by atoms with Gasteiger partial charge in [-0.05, 0) is 33.3 Å². The summed E-state index contributed by atoms with van der Waals surface area (Å²) in [6.07, 6.45) is 1.11. The molecule has 19 heavy (non-hydrogen) atoms. The molecule has 0 atom stereocenters. The summed E-state index contributed by atoms with van der Waals surface area (Å²) in [6.45, 7) is 10.5. The van der Waals surface area contributed by atoms with Crippen molar-refractivity contribution < 1.29 is 9.90 Å². The summed E-state index contributed by atoms with van der Waals surface area (Å²) >= 11 is 0. The highest BCUT2D eigenvalue weighted by atomic mass is 16.4. The van der Waals surface area contributed by atoms with Crippen LogP contribution in [0.4, 0.5) is 0 Å². The Morgan fingerprint density at radius 1 is 1.47 bits per heavy atom. The fraction of sp³-hybridized carbons (Fsp3) is 0.714. The maximum Gasteiger partial charge on any atom is 0.304 e. The molecule has 0 spiro atoms. The van der Waals surface area contributed by atoms with Crippen molar-refractivity contribution in [1.29, 1.82) is 0 Å². The average molecular weight is 267 g/mol. The molecule has 0 aliphatic carbocycles. The third kappa shape index (κ3) is 4.67. The molecule has 1 aromatic rings. The average Bonchev–Trinajstić information content (AvgIpc) is 2.76. The molecular formula is C14H25N3O2. The fourth-order valence-corrected chi connectivity index (χ4v) is 2.06. The minimum absolute atomic E-state index is 0.180. The number of hydrogen-bond donors (Lipinski definition) is 1. The first kappa shape index (κ1) is 15.7. The van der Waals surface area contributed by atoms with Gasteiger partial charge in [-0.15, -0.1) is 0 Å². The molecule has 5 heteroatoms. The maximum atomic E-state index is 10.7. The van der Waals surface area contributed by atoms with E-state index in [4.69, 9.17) is 5.11 Å². The van der Waals surface area contributed by atoms with E-state index in [0.29, 0.717) is 12.6 Å². The van der Waals surface area contributed by atoms with E-state index in [0.717, 1.165) is 25.2 Å². The van der Waals surface area contributed by atoms with Crippen LogP contribution in [0.5, 0.6) is 0 Å². The van der Waals surface area contributed by atoms with Crippen molar-refractivity contribution in [2.24, 2.45) is 0 Å². The molecule has 1 heterocycles. The van der Waals surface area contributed by atoms with Crippen molar-refractivity contribution in [1.82, 2.24) is 14.7 Å². The molecule has 0 aliphatic rings. The number of carbonyl (C=O) groups is 1. The number of aliphatic carboxylic acids is 1. The van der Waals surface area contributed by atoms with Gasteiger partial charge in [0.15, 0.2) is 0 Å². The molecule has 0 unspecified atom stereocenters. The van der Waals surface area contributed by atoms with Crippen LogP contribution in [0.2, 0.25) is 0 Å². The lowest BCUT2D eigenvalue weighted by atomic mass is 10.2. The van der Waals surface area contributed by atoms with E-state index < -0.39 is 5.97 Å². The molecule has 1 aromatic heterocycles. The Labute approximate surface area is 115 Å². The lowest BCUT2D eigenvalue weighted by Crippen LogP contribution is -2.33. The first-order valence-electron chi connectivity index (χ1n) is 6.99. The van der Waals surface area contributed by atoms with Gasteiger partial charge >= 0.3 is 5.97 Å². The van der Waals surface area contributed by atoms with Crippen molar-refractivity contribution in [3.8, 4) is 0 Å². The van der Waals surface area contributed by atoms with E-state index >= 15 is 0 Å². The molecule has 0 saturated heterocycles. The topological polar surface area (TPSA) is 58.4 Å². The summed E-state index contributed by atoms with van der Waals surface area (Å²) in [5.41, 5.74) is 2.26. The van der Waals surface area contributed by atoms with Crippen molar-refractivity contribution in [3.05, 3.63) is 17.5 Å². The van der Waals surface area contributed by atoms with Gasteiger partial charge in [0.1, 0.15) is 0 Å². The number of nitrogens with zero attached hydrogens (tertiary/aromatic N) is 3. The number of carboxylic acid groups (broad SMARTS) is 1. The van der Waals surface area contributed by atoms with E-state index in [1.807, 2.05) is 4.68 Å². The summed E-state index contributed by atoms with van der Waals surface area (Å²) in [5.74, 6) is -0.746. The summed E-state index contributed by atoms with van der Waals surface area (Å²) < 4.78 is 2.01. The summed E-state index contributed by atoms with van der Waals surface area (Å²) in [6, 6.07) is 2.45. The van der Waals surface area contributed by atoms with Crippen LogP contribution >= 0.6 is 0 Å². The Morgan fingerprint density at radius 3 is 2.63 bits per heavy atom. The highest BCUT2D eigenvalue weighted by molar-refractivity contribution is 5.66. The second-order valence-electron chi connectivity index (χ2n) is 5.00. The molecule has 1 N–H and O–H groups in total. The molecule has 0 fully saturated rings. The second kappa shape index (κ2) is 7.28. The third-order valence-corrected chi connectivity index (χ3v) is 3.28. The highest BCUT2D eigenvalue weighted by Crippen LogP contribution is 2.12. The first-order valence-corrected chi connectivity index (χ1v) is 6.99. The molecule has 5 nitrogen and oxygen atoms in total. The SMILES string of the molecule is CCc1cc(CN(CCC(=O)O)C(C)C)n(CC)n1. The zero-order valence-corrected chi connectivity index (χ0v) is 12.4. The molecule has 0 bridgehead atoms. The van der Waals surface area contributed by atoms with Crippen molar-refractivity contribution in [2.75, 3.05) is 6.54 Å². The van der Waals surface area contributed by atoms with E-state index in [2.05, 4.69) is 43.8 Å². The quantitative estimate of drug-likeness (QED) is 0.784. The van der Waals surface area contributed by atoms with Gasteiger partial charge in [0.25, 0.3) is 0 Å². The van der Waals surface area contributed by atoms with Crippen molar-refractivity contribution in [2.45, 2.75) is 59.7 Å². The van der Waals surface area contributed by atoms with Gasteiger partial charge in [0, 0.05) is 25.7 Å². The molecule has 1 rings (SSSR count). The number of aryl methyl sites for hydroxylation is 2. The fourth-order valence-electron chi connectivity index (χ4n) is 2.06. The third-order valence-electron chi connectivity index (χ3n) is 3.28. The van der Waals surface area contributed by atoms with Crippen LogP contribution in [0.3, 0.4) is 0 Å². The molecule has 0 radical (unpaired) electrons. The smallest absolute Gasteiger partial charge is 0.304 e. The highest BCUT2D eigenvalue weighted by Gasteiger charge is 2.15. The first-order chi connectivity index (χ1) is 8.97. The van der Waals surface area contributed by atoms with Gasteiger partial charge in [0.2, 0.25) is 0 Å². The Hall–Kier alpha value is -1.36. The summed E-state index contributed by atoms with van der Waals surface area (Å²) in [5, 5.41) is 13.3. The minimum Gasteiger partial charge on any atom is -0.481 e. The standard InChI is InChI=1S/C14H25N3O2/c1-5-12-9-13(17(6-2)15-12)10-16(11(3)4)8-7-14(18)19/h9,11H,5-8,10H2,1-4H3,(H,18,19). The minimum atomic E-state index is -0.746. The number of carboxylic acids is 1. The lowest BCUT2D eigenvalue weighted by molar-refractivity contribution is -0.137. The Kier molecular flexibility index (Phi) is 6.02. The van der Waals surface area contributed by atoms with Gasteiger partial charge in [-0.2, -0.15) is 5.10 Å². The Morgan fingerprint density at radius 2 is 2.16 bits per heavy atom. The summed E-state index contributed by atoms with van der Waals surface area (Å²) in [7, 11) is 0. The second-order valence-corrected chi connectivity index (χ2v) is 5.00. The van der Waals surface area contributed by atoms with E-state index in [1.54, 1.807) is 0 Å². The van der Waals surface area contributed by atoms with Gasteiger partial charge in [-0.25, -0.2) is 0 Å². The van der Waals surface area contributed by atoms with Gasteiger partial charge < -0.3 is 5.11 Å². The van der Waals surface area contributed by atoms with Crippen LogP contribution in [-0.4, -0.2) is 38.3 Å². The van der Waals surface area contributed by atoms with E-state index in [9.17, 15) is 4.79 Å². The Balaban J connectivity index is 2.77. The molecule has 0 aliphatic heterocycles. The zero-order chi connectivity index (χ0) is 14.4. The van der Waals surface area contributed by atoms with Gasteiger partial charge in [0.05, 0.1) is 17.8 Å². The van der Waals surface area contributed by atoms with Crippen LogP contribution in [0.25, 0.3) is 0 Å². The van der Waals surface area contributed by atoms with Crippen LogP contribution in [0, 0.1) is 0 Å². The lowest BCUT2D eigenvalue weighted by Gasteiger charge is -2.25. The van der Waals surface area contributed by atoms with Crippen molar-refractivity contribution in [3.63, 3.8) is 0 Å².